The van der Waals surface area contributed by atoms with E-state index in [0.717, 1.165) is 24.1 Å². The van der Waals surface area contributed by atoms with E-state index < -0.39 is 0 Å². The van der Waals surface area contributed by atoms with Gasteiger partial charge < -0.3 is 10.2 Å². The lowest BCUT2D eigenvalue weighted by atomic mass is 9.92. The van der Waals surface area contributed by atoms with E-state index in [-0.39, 0.29) is 5.91 Å². The molecule has 2 N–H and O–H groups in total. The molecule has 1 aromatic rings. The normalized spacial score (nSPS) is 26.9. The van der Waals surface area contributed by atoms with Crippen molar-refractivity contribution in [3.05, 3.63) is 30.3 Å². The summed E-state index contributed by atoms with van der Waals surface area (Å²) in [5, 5.41) is 2.95. The van der Waals surface area contributed by atoms with Crippen molar-refractivity contribution in [2.24, 2.45) is 11.8 Å². The number of benzene rings is 1. The maximum atomic E-state index is 11.9. The highest BCUT2D eigenvalue weighted by Crippen LogP contribution is 2.12. The van der Waals surface area contributed by atoms with Gasteiger partial charge in [-0.3, -0.25) is 4.79 Å². The minimum Gasteiger partial charge on any atom is -0.334 e. The lowest BCUT2D eigenvalue weighted by molar-refractivity contribution is -0.911. The van der Waals surface area contributed by atoms with Crippen molar-refractivity contribution in [3.8, 4) is 0 Å². The summed E-state index contributed by atoms with van der Waals surface area (Å²) in [6, 6.07) is 9.69. The van der Waals surface area contributed by atoms with Gasteiger partial charge in [0.2, 0.25) is 5.91 Å². The Morgan fingerprint density at radius 2 is 1.84 bits per heavy atom. The van der Waals surface area contributed by atoms with Gasteiger partial charge in [-0.05, 0) is 18.6 Å². The van der Waals surface area contributed by atoms with Gasteiger partial charge in [0.25, 0.3) is 0 Å². The van der Waals surface area contributed by atoms with Crippen LogP contribution in [-0.4, -0.2) is 25.5 Å². The van der Waals surface area contributed by atoms with E-state index in [0.29, 0.717) is 6.42 Å². The van der Waals surface area contributed by atoms with E-state index in [1.807, 2.05) is 30.3 Å². The van der Waals surface area contributed by atoms with E-state index >= 15 is 0 Å². The number of likely N-dealkylation sites (tertiary alicyclic amines) is 1. The number of para-hydroxylation sites is 1. The molecule has 0 bridgehead atoms. The van der Waals surface area contributed by atoms with Gasteiger partial charge in [-0.1, -0.05) is 32.0 Å². The zero-order valence-electron chi connectivity index (χ0n) is 12.0. The minimum atomic E-state index is 0.129. The average Bonchev–Trinajstić information content (AvgIpc) is 2.36. The number of nitrogens with one attached hydrogen (secondary N) is 2. The molecule has 19 heavy (non-hydrogen) atoms. The summed E-state index contributed by atoms with van der Waals surface area (Å²) < 4.78 is 0. The number of carbonyl (C=O) groups is 1. The zero-order chi connectivity index (χ0) is 13.7. The van der Waals surface area contributed by atoms with Gasteiger partial charge >= 0.3 is 0 Å². The first-order chi connectivity index (χ1) is 9.13. The average molecular weight is 261 g/mol. The fraction of sp³-hybridized carbons (Fsp3) is 0.562. The van der Waals surface area contributed by atoms with Crippen LogP contribution in [0, 0.1) is 11.8 Å². The Kier molecular flexibility index (Phi) is 4.97. The van der Waals surface area contributed by atoms with Gasteiger partial charge in [-0.25, -0.2) is 0 Å². The Hall–Kier alpha value is -1.35. The number of quaternary nitrogens is 1. The Balaban J connectivity index is 1.74. The molecule has 0 saturated carbocycles. The number of carbonyl (C=O) groups excluding carboxylic acids is 1. The van der Waals surface area contributed by atoms with E-state index in [1.54, 1.807) is 4.90 Å². The molecule has 1 aliphatic rings. The van der Waals surface area contributed by atoms with Crippen LogP contribution in [0.4, 0.5) is 5.69 Å². The molecular weight excluding hydrogens is 236 g/mol. The summed E-state index contributed by atoms with van der Waals surface area (Å²) in [5.41, 5.74) is 0.892. The molecule has 1 heterocycles. The van der Waals surface area contributed by atoms with Crippen molar-refractivity contribution in [1.29, 1.82) is 0 Å². The highest BCUT2D eigenvalue weighted by Gasteiger charge is 2.25. The molecule has 0 radical (unpaired) electrons. The molecule has 0 unspecified atom stereocenters. The van der Waals surface area contributed by atoms with Crippen molar-refractivity contribution in [2.75, 3.05) is 25.0 Å². The molecule has 2 rings (SSSR count). The third kappa shape index (κ3) is 4.67. The van der Waals surface area contributed by atoms with Crippen molar-refractivity contribution in [3.63, 3.8) is 0 Å². The van der Waals surface area contributed by atoms with Crippen LogP contribution in [0.2, 0.25) is 0 Å². The summed E-state index contributed by atoms with van der Waals surface area (Å²) in [7, 11) is 0. The molecule has 1 saturated heterocycles. The Labute approximate surface area is 116 Å². The number of amides is 1. The van der Waals surface area contributed by atoms with Crippen LogP contribution >= 0.6 is 0 Å². The first kappa shape index (κ1) is 14.1. The molecule has 1 aromatic carbocycles. The van der Waals surface area contributed by atoms with Crippen LogP contribution in [-0.2, 0) is 4.79 Å². The Morgan fingerprint density at radius 3 is 2.47 bits per heavy atom. The number of hydrogen-bond acceptors (Lipinski definition) is 1. The van der Waals surface area contributed by atoms with Crippen LogP contribution < -0.4 is 10.2 Å². The standard InChI is InChI=1S/C16H24N2O/c1-13-10-14(2)12-18(11-13)9-8-16(19)17-15-6-4-3-5-7-15/h3-7,13-14H,8-12H2,1-2H3,(H,17,19)/p+1/t13-,14-/m1/s1. The van der Waals surface area contributed by atoms with Crippen LogP contribution in [0.3, 0.4) is 0 Å². The van der Waals surface area contributed by atoms with Crippen LogP contribution in [0.1, 0.15) is 26.7 Å². The summed E-state index contributed by atoms with van der Waals surface area (Å²) in [5.74, 6) is 1.71. The molecule has 104 valence electrons. The highest BCUT2D eigenvalue weighted by molar-refractivity contribution is 5.90. The third-order valence-corrected chi connectivity index (χ3v) is 3.84. The van der Waals surface area contributed by atoms with E-state index in [9.17, 15) is 4.79 Å². The molecule has 1 aliphatic heterocycles. The molecule has 0 spiro atoms. The van der Waals surface area contributed by atoms with Gasteiger partial charge in [0.1, 0.15) is 0 Å². The Bertz CT molecular complexity index is 394. The lowest BCUT2D eigenvalue weighted by Gasteiger charge is -2.31. The predicted octanol–water partition coefficient (Wildman–Crippen LogP) is 1.58. The number of hydrogen-bond donors (Lipinski definition) is 2. The monoisotopic (exact) mass is 261 g/mol. The second-order valence-corrected chi connectivity index (χ2v) is 6.02. The maximum absolute atomic E-state index is 11.9. The van der Waals surface area contributed by atoms with E-state index in [1.165, 1.54) is 19.5 Å². The van der Waals surface area contributed by atoms with Crippen LogP contribution in [0.25, 0.3) is 0 Å². The minimum absolute atomic E-state index is 0.129. The fourth-order valence-electron chi connectivity index (χ4n) is 3.16. The van der Waals surface area contributed by atoms with Crippen molar-refractivity contribution < 1.29 is 9.69 Å². The van der Waals surface area contributed by atoms with Crippen molar-refractivity contribution in [2.45, 2.75) is 26.7 Å². The van der Waals surface area contributed by atoms with Gasteiger partial charge in [-0.2, -0.15) is 0 Å². The molecule has 0 aromatic heterocycles. The van der Waals surface area contributed by atoms with Crippen molar-refractivity contribution in [1.82, 2.24) is 0 Å². The first-order valence-electron chi connectivity index (χ1n) is 7.32. The van der Waals surface area contributed by atoms with Crippen LogP contribution in [0.15, 0.2) is 30.3 Å². The third-order valence-electron chi connectivity index (χ3n) is 3.84. The fourth-order valence-corrected chi connectivity index (χ4v) is 3.16. The summed E-state index contributed by atoms with van der Waals surface area (Å²) >= 11 is 0. The van der Waals surface area contributed by atoms with Gasteiger partial charge in [0, 0.05) is 17.5 Å². The molecule has 1 fully saturated rings. The predicted molar refractivity (Wildman–Crippen MR) is 78.2 cm³/mol. The second kappa shape index (κ2) is 6.71. The maximum Gasteiger partial charge on any atom is 0.230 e. The number of piperidine rings is 1. The quantitative estimate of drug-likeness (QED) is 0.847. The topological polar surface area (TPSA) is 33.5 Å². The van der Waals surface area contributed by atoms with E-state index in [4.69, 9.17) is 0 Å². The van der Waals surface area contributed by atoms with Gasteiger partial charge in [0.15, 0.2) is 0 Å². The lowest BCUT2D eigenvalue weighted by Crippen LogP contribution is -3.14. The molecule has 3 heteroatoms. The number of anilines is 1. The number of rotatable bonds is 4. The highest BCUT2D eigenvalue weighted by atomic mass is 16.1. The van der Waals surface area contributed by atoms with Crippen molar-refractivity contribution >= 4 is 11.6 Å². The molecular formula is C16H25N2O+. The molecule has 0 aliphatic carbocycles. The smallest absolute Gasteiger partial charge is 0.230 e. The first-order valence-corrected chi connectivity index (χ1v) is 7.32. The van der Waals surface area contributed by atoms with Crippen LogP contribution in [0.5, 0.6) is 0 Å². The summed E-state index contributed by atoms with van der Waals surface area (Å²) in [6.07, 6.45) is 1.95. The van der Waals surface area contributed by atoms with Gasteiger partial charge in [-0.15, -0.1) is 0 Å². The summed E-state index contributed by atoms with van der Waals surface area (Å²) in [4.78, 5) is 13.5. The second-order valence-electron chi connectivity index (χ2n) is 6.02. The van der Waals surface area contributed by atoms with Gasteiger partial charge in [0.05, 0.1) is 26.1 Å². The SMILES string of the molecule is C[C@@H]1C[C@@H](C)C[NH+](CCC(=O)Nc2ccccc2)C1. The largest absolute Gasteiger partial charge is 0.334 e. The molecule has 1 amide bonds. The summed E-state index contributed by atoms with van der Waals surface area (Å²) in [6.45, 7) is 8.01. The molecule has 2 atom stereocenters. The van der Waals surface area contributed by atoms with E-state index in [2.05, 4.69) is 19.2 Å². The molecule has 3 nitrogen and oxygen atoms in total. The Morgan fingerprint density at radius 1 is 1.21 bits per heavy atom. The zero-order valence-corrected chi connectivity index (χ0v) is 12.0.